The van der Waals surface area contributed by atoms with Crippen LogP contribution in [0.15, 0.2) is 4.99 Å². The van der Waals surface area contributed by atoms with Gasteiger partial charge in [0.05, 0.1) is 12.1 Å². The van der Waals surface area contributed by atoms with E-state index in [-0.39, 0.29) is 5.60 Å². The first-order valence-corrected chi connectivity index (χ1v) is 6.38. The number of rotatable bonds is 3. The van der Waals surface area contributed by atoms with E-state index in [0.29, 0.717) is 12.5 Å². The van der Waals surface area contributed by atoms with Crippen molar-refractivity contribution in [1.29, 1.82) is 0 Å². The first-order chi connectivity index (χ1) is 7.05. The van der Waals surface area contributed by atoms with Gasteiger partial charge in [0.1, 0.15) is 0 Å². The molecule has 0 aliphatic carbocycles. The monoisotopic (exact) mass is 231 g/mol. The lowest BCUT2D eigenvalue weighted by Gasteiger charge is -2.28. The molecule has 0 spiro atoms. The molecule has 0 bridgehead atoms. The fraction of sp³-hybridized carbons (Fsp3) is 0.900. The normalized spacial score (nSPS) is 19.4. The molecular weight excluding hydrogens is 210 g/mol. The molecule has 5 heteroatoms. The van der Waals surface area contributed by atoms with Gasteiger partial charge < -0.3 is 15.4 Å². The fourth-order valence-electron chi connectivity index (χ4n) is 1.23. The van der Waals surface area contributed by atoms with Gasteiger partial charge in [-0.3, -0.25) is 4.99 Å². The quantitative estimate of drug-likeness (QED) is 0.576. The Labute approximate surface area is 96.2 Å². The average molecular weight is 231 g/mol. The summed E-state index contributed by atoms with van der Waals surface area (Å²) in [7, 11) is 1.70. The molecule has 1 rings (SSSR count). The standard InChI is InChI=1S/C10H21N3OS/c1-10(2,14-3)8-12-9(11)13-4-6-15-7-5-13/h4-8H2,1-3H3,(H2,11,12). The second kappa shape index (κ2) is 5.61. The van der Waals surface area contributed by atoms with Crippen LogP contribution in [-0.2, 0) is 4.74 Å². The predicted octanol–water partition coefficient (Wildman–Crippen LogP) is 0.775. The minimum atomic E-state index is -0.227. The Bertz CT molecular complexity index is 225. The van der Waals surface area contributed by atoms with Crippen LogP contribution in [0.4, 0.5) is 0 Å². The van der Waals surface area contributed by atoms with Crippen LogP contribution in [0.1, 0.15) is 13.8 Å². The number of ether oxygens (including phenoxy) is 1. The molecule has 0 aromatic rings. The van der Waals surface area contributed by atoms with E-state index in [1.54, 1.807) is 7.11 Å². The third-order valence-electron chi connectivity index (χ3n) is 2.51. The van der Waals surface area contributed by atoms with Crippen LogP contribution in [0.25, 0.3) is 0 Å². The van der Waals surface area contributed by atoms with Gasteiger partial charge in [-0.25, -0.2) is 0 Å². The summed E-state index contributed by atoms with van der Waals surface area (Å²) < 4.78 is 5.29. The van der Waals surface area contributed by atoms with Crippen molar-refractivity contribution in [3.05, 3.63) is 0 Å². The summed E-state index contributed by atoms with van der Waals surface area (Å²) in [6.45, 7) is 6.64. The van der Waals surface area contributed by atoms with Gasteiger partial charge in [0.25, 0.3) is 0 Å². The van der Waals surface area contributed by atoms with Crippen LogP contribution in [0, 0.1) is 0 Å². The van der Waals surface area contributed by atoms with E-state index in [2.05, 4.69) is 9.89 Å². The maximum absolute atomic E-state index is 5.92. The summed E-state index contributed by atoms with van der Waals surface area (Å²) >= 11 is 1.97. The SMILES string of the molecule is COC(C)(C)CN=C(N)N1CCSCC1. The Morgan fingerprint density at radius 3 is 2.60 bits per heavy atom. The van der Waals surface area contributed by atoms with Crippen molar-refractivity contribution in [2.75, 3.05) is 38.2 Å². The Hall–Kier alpha value is -0.420. The van der Waals surface area contributed by atoms with Gasteiger partial charge in [-0.15, -0.1) is 0 Å². The first-order valence-electron chi connectivity index (χ1n) is 5.23. The van der Waals surface area contributed by atoms with E-state index >= 15 is 0 Å². The second-order valence-electron chi connectivity index (χ2n) is 4.24. The number of nitrogens with zero attached hydrogens (tertiary/aromatic N) is 2. The molecule has 1 fully saturated rings. The zero-order valence-corrected chi connectivity index (χ0v) is 10.6. The highest BCUT2D eigenvalue weighted by Gasteiger charge is 2.17. The Morgan fingerprint density at radius 1 is 1.47 bits per heavy atom. The smallest absolute Gasteiger partial charge is 0.191 e. The van der Waals surface area contributed by atoms with Gasteiger partial charge in [0.2, 0.25) is 0 Å². The maximum atomic E-state index is 5.92. The third-order valence-corrected chi connectivity index (χ3v) is 3.45. The molecule has 1 saturated heterocycles. The van der Waals surface area contributed by atoms with Crippen LogP contribution < -0.4 is 5.73 Å². The summed E-state index contributed by atoms with van der Waals surface area (Å²) in [5.74, 6) is 2.94. The molecule has 1 aliphatic rings. The molecular formula is C10H21N3OS. The fourth-order valence-corrected chi connectivity index (χ4v) is 2.13. The lowest BCUT2D eigenvalue weighted by Crippen LogP contribution is -2.43. The van der Waals surface area contributed by atoms with Crippen molar-refractivity contribution in [3.8, 4) is 0 Å². The molecule has 2 N–H and O–H groups in total. The first kappa shape index (κ1) is 12.6. The largest absolute Gasteiger partial charge is 0.377 e. The van der Waals surface area contributed by atoms with Gasteiger partial charge in [0.15, 0.2) is 5.96 Å². The van der Waals surface area contributed by atoms with Gasteiger partial charge in [-0.2, -0.15) is 11.8 Å². The van der Waals surface area contributed by atoms with Crippen LogP contribution in [0.2, 0.25) is 0 Å². The lowest BCUT2D eigenvalue weighted by molar-refractivity contribution is 0.0309. The van der Waals surface area contributed by atoms with Crippen LogP contribution in [-0.4, -0.2) is 54.7 Å². The Kier molecular flexibility index (Phi) is 4.73. The molecule has 0 unspecified atom stereocenters. The van der Waals surface area contributed by atoms with E-state index in [1.807, 2.05) is 25.6 Å². The van der Waals surface area contributed by atoms with E-state index in [1.165, 1.54) is 0 Å². The summed E-state index contributed by atoms with van der Waals surface area (Å²) in [4.78, 5) is 6.52. The lowest BCUT2D eigenvalue weighted by atomic mass is 10.1. The molecule has 0 atom stereocenters. The molecule has 4 nitrogen and oxygen atoms in total. The van der Waals surface area contributed by atoms with Crippen molar-refractivity contribution >= 4 is 17.7 Å². The molecule has 0 amide bonds. The highest BCUT2D eigenvalue weighted by atomic mass is 32.2. The van der Waals surface area contributed by atoms with Gasteiger partial charge in [0, 0.05) is 31.7 Å². The zero-order chi connectivity index (χ0) is 11.3. The second-order valence-corrected chi connectivity index (χ2v) is 5.46. The number of guanidine groups is 1. The van der Waals surface area contributed by atoms with E-state index in [4.69, 9.17) is 10.5 Å². The maximum Gasteiger partial charge on any atom is 0.191 e. The summed E-state index contributed by atoms with van der Waals surface area (Å²) in [5, 5.41) is 0. The number of thioether (sulfide) groups is 1. The minimum absolute atomic E-state index is 0.227. The number of methoxy groups -OCH3 is 1. The van der Waals surface area contributed by atoms with Crippen LogP contribution >= 0.6 is 11.8 Å². The Balaban J connectivity index is 2.44. The van der Waals surface area contributed by atoms with Crippen LogP contribution in [0.3, 0.4) is 0 Å². The van der Waals surface area contributed by atoms with Crippen molar-refractivity contribution in [3.63, 3.8) is 0 Å². The van der Waals surface area contributed by atoms with Gasteiger partial charge in [-0.1, -0.05) is 0 Å². The third kappa shape index (κ3) is 4.30. The molecule has 1 aliphatic heterocycles. The summed E-state index contributed by atoms with van der Waals surface area (Å²) in [6.07, 6.45) is 0. The van der Waals surface area contributed by atoms with Crippen molar-refractivity contribution in [2.24, 2.45) is 10.7 Å². The molecule has 1 heterocycles. The molecule has 88 valence electrons. The molecule has 0 radical (unpaired) electrons. The molecule has 0 aromatic heterocycles. The van der Waals surface area contributed by atoms with Crippen LogP contribution in [0.5, 0.6) is 0 Å². The minimum Gasteiger partial charge on any atom is -0.377 e. The Morgan fingerprint density at radius 2 is 2.07 bits per heavy atom. The molecule has 0 aromatic carbocycles. The summed E-state index contributed by atoms with van der Waals surface area (Å²) in [6, 6.07) is 0. The molecule has 15 heavy (non-hydrogen) atoms. The van der Waals surface area contributed by atoms with Crippen molar-refractivity contribution in [1.82, 2.24) is 4.90 Å². The average Bonchev–Trinajstić information content (AvgIpc) is 2.27. The van der Waals surface area contributed by atoms with Crippen molar-refractivity contribution < 1.29 is 4.74 Å². The zero-order valence-electron chi connectivity index (χ0n) is 9.82. The van der Waals surface area contributed by atoms with E-state index in [0.717, 1.165) is 24.6 Å². The summed E-state index contributed by atoms with van der Waals surface area (Å²) in [5.41, 5.74) is 5.69. The van der Waals surface area contributed by atoms with E-state index < -0.39 is 0 Å². The number of aliphatic imine (C=N–C) groups is 1. The molecule has 0 saturated carbocycles. The highest BCUT2D eigenvalue weighted by molar-refractivity contribution is 7.99. The highest BCUT2D eigenvalue weighted by Crippen LogP contribution is 2.10. The van der Waals surface area contributed by atoms with Crippen molar-refractivity contribution in [2.45, 2.75) is 19.4 Å². The van der Waals surface area contributed by atoms with E-state index in [9.17, 15) is 0 Å². The van der Waals surface area contributed by atoms with Gasteiger partial charge >= 0.3 is 0 Å². The number of nitrogens with two attached hydrogens (primary N) is 1. The van der Waals surface area contributed by atoms with Gasteiger partial charge in [-0.05, 0) is 13.8 Å². The predicted molar refractivity (Wildman–Crippen MR) is 66.5 cm³/mol. The topological polar surface area (TPSA) is 50.9 Å². The number of hydrogen-bond donors (Lipinski definition) is 1. The number of hydrogen-bond acceptors (Lipinski definition) is 3.